The summed E-state index contributed by atoms with van der Waals surface area (Å²) in [4.78, 5) is 15.6. The molecule has 0 aliphatic carbocycles. The van der Waals surface area contributed by atoms with Gasteiger partial charge >= 0.3 is 6.03 Å². The van der Waals surface area contributed by atoms with Crippen LogP contribution < -0.4 is 5.32 Å². The van der Waals surface area contributed by atoms with Crippen LogP contribution in [0.1, 0.15) is 35.3 Å². The molecule has 1 atom stereocenters. The number of benzene rings is 3. The van der Waals surface area contributed by atoms with Crippen molar-refractivity contribution in [3.8, 4) is 5.69 Å². The molecule has 1 aromatic heterocycles. The molecule has 0 saturated heterocycles. The molecule has 1 aliphatic rings. The highest BCUT2D eigenvalue weighted by Gasteiger charge is 2.32. The highest BCUT2D eigenvalue weighted by atomic mass is 79.9. The monoisotopic (exact) mass is 485 g/mol. The molecular weight excluding hydrogens is 462 g/mol. The third-order valence-electron chi connectivity index (χ3n) is 6.02. The Labute approximate surface area is 196 Å². The summed E-state index contributed by atoms with van der Waals surface area (Å²) in [6, 6.07) is 28.4. The van der Waals surface area contributed by atoms with Gasteiger partial charge in [-0.15, -0.1) is 0 Å². The Balaban J connectivity index is 1.61. The smallest absolute Gasteiger partial charge is 0.318 e. The summed E-state index contributed by atoms with van der Waals surface area (Å²) in [5.41, 5.74) is 6.45. The number of urea groups is 1. The van der Waals surface area contributed by atoms with Gasteiger partial charge in [0.25, 0.3) is 0 Å². The van der Waals surface area contributed by atoms with Gasteiger partial charge in [0.15, 0.2) is 0 Å². The average molecular weight is 486 g/mol. The van der Waals surface area contributed by atoms with Crippen LogP contribution in [0.15, 0.2) is 95.6 Å². The fourth-order valence-electron chi connectivity index (χ4n) is 4.35. The van der Waals surface area contributed by atoms with Gasteiger partial charge in [0.05, 0.1) is 18.3 Å². The molecule has 0 bridgehead atoms. The molecule has 5 rings (SSSR count). The van der Waals surface area contributed by atoms with Crippen LogP contribution in [0.3, 0.4) is 0 Å². The summed E-state index contributed by atoms with van der Waals surface area (Å²) >= 11 is 3.46. The fourth-order valence-corrected chi connectivity index (χ4v) is 4.62. The number of carbonyl (C=O) groups excluding carboxylic acids is 1. The minimum atomic E-state index is -0.209. The van der Waals surface area contributed by atoms with E-state index >= 15 is 0 Å². The number of nitrogens with one attached hydrogen (secondary N) is 1. The number of hydrogen-bond acceptors (Lipinski definition) is 1. The number of carbonyl (C=O) groups is 1. The number of hydrogen-bond donors (Lipinski definition) is 1. The second kappa shape index (κ2) is 8.67. The van der Waals surface area contributed by atoms with Gasteiger partial charge in [0, 0.05) is 22.1 Å². The van der Waals surface area contributed by atoms with Crippen LogP contribution in [0.25, 0.3) is 5.69 Å². The van der Waals surface area contributed by atoms with Crippen LogP contribution in [0, 0.1) is 0 Å². The molecule has 4 nitrogen and oxygen atoms in total. The molecule has 2 amide bonds. The number of para-hydroxylation sites is 1. The van der Waals surface area contributed by atoms with Crippen LogP contribution >= 0.6 is 15.9 Å². The van der Waals surface area contributed by atoms with Crippen LogP contribution in [-0.4, -0.2) is 15.5 Å². The Bertz CT molecular complexity index is 1240. The van der Waals surface area contributed by atoms with E-state index in [1.807, 2.05) is 41.3 Å². The Morgan fingerprint density at radius 2 is 1.72 bits per heavy atom. The summed E-state index contributed by atoms with van der Waals surface area (Å²) in [5, 5.41) is 3.10. The Morgan fingerprint density at radius 1 is 0.969 bits per heavy atom. The number of rotatable bonds is 3. The van der Waals surface area contributed by atoms with Crippen LogP contribution in [0.2, 0.25) is 0 Å². The second-order valence-electron chi connectivity index (χ2n) is 7.99. The predicted octanol–water partition coefficient (Wildman–Crippen LogP) is 6.94. The lowest BCUT2D eigenvalue weighted by atomic mass is 10.00. The first-order valence-corrected chi connectivity index (χ1v) is 11.6. The first-order chi connectivity index (χ1) is 15.6. The molecule has 1 aliphatic heterocycles. The topological polar surface area (TPSA) is 37.3 Å². The van der Waals surface area contributed by atoms with Crippen molar-refractivity contribution in [3.63, 3.8) is 0 Å². The molecule has 1 N–H and O–H groups in total. The maximum Gasteiger partial charge on any atom is 0.322 e. The summed E-state index contributed by atoms with van der Waals surface area (Å²) in [5.74, 6) is 0. The maximum atomic E-state index is 13.6. The zero-order valence-corrected chi connectivity index (χ0v) is 19.4. The van der Waals surface area contributed by atoms with Gasteiger partial charge in [-0.3, -0.25) is 0 Å². The van der Waals surface area contributed by atoms with Crippen molar-refractivity contribution in [2.45, 2.75) is 25.9 Å². The minimum absolute atomic E-state index is 0.124. The predicted molar refractivity (Wildman–Crippen MR) is 132 cm³/mol. The lowest BCUT2D eigenvalue weighted by Crippen LogP contribution is -2.37. The van der Waals surface area contributed by atoms with Gasteiger partial charge in [-0.1, -0.05) is 65.3 Å². The van der Waals surface area contributed by atoms with Gasteiger partial charge in [0.2, 0.25) is 0 Å². The third-order valence-corrected chi connectivity index (χ3v) is 6.55. The highest BCUT2D eigenvalue weighted by molar-refractivity contribution is 9.10. The third kappa shape index (κ3) is 3.84. The van der Waals surface area contributed by atoms with Gasteiger partial charge in [-0.2, -0.15) is 0 Å². The molecule has 160 valence electrons. The number of aromatic nitrogens is 1. The molecule has 5 heteroatoms. The van der Waals surface area contributed by atoms with Crippen molar-refractivity contribution in [1.29, 1.82) is 0 Å². The van der Waals surface area contributed by atoms with E-state index in [0.29, 0.717) is 6.54 Å². The quantitative estimate of drug-likeness (QED) is 0.335. The molecule has 0 saturated carbocycles. The summed E-state index contributed by atoms with van der Waals surface area (Å²) < 4.78 is 3.19. The van der Waals surface area contributed by atoms with Crippen molar-refractivity contribution in [2.24, 2.45) is 0 Å². The van der Waals surface area contributed by atoms with E-state index in [1.54, 1.807) is 0 Å². The van der Waals surface area contributed by atoms with E-state index in [4.69, 9.17) is 0 Å². The number of aryl methyl sites for hydroxylation is 1. The van der Waals surface area contributed by atoms with Gasteiger partial charge in [-0.25, -0.2) is 4.79 Å². The molecule has 0 fully saturated rings. The zero-order valence-electron chi connectivity index (χ0n) is 17.8. The minimum Gasteiger partial charge on any atom is -0.318 e. The van der Waals surface area contributed by atoms with Crippen molar-refractivity contribution in [2.75, 3.05) is 5.32 Å². The van der Waals surface area contributed by atoms with E-state index < -0.39 is 0 Å². The lowest BCUT2D eigenvalue weighted by Gasteiger charge is -2.31. The molecule has 2 heterocycles. The van der Waals surface area contributed by atoms with E-state index in [0.717, 1.165) is 39.1 Å². The SMILES string of the molecule is CCc1ccc([C@H]2c3cccn3-c3ccccc3CN2C(=O)Nc2ccc(Br)cc2)cc1. The standard InChI is InChI=1S/C27H24BrN3O/c1-2-19-9-11-20(12-10-19)26-25-8-5-17-30(25)24-7-4-3-6-21(24)18-31(26)27(32)29-23-15-13-22(28)14-16-23/h3-17,26H,2,18H2,1H3,(H,29,32)/t26-/m0/s1. The van der Waals surface area contributed by atoms with E-state index in [1.165, 1.54) is 5.56 Å². The number of halogens is 1. The highest BCUT2D eigenvalue weighted by Crippen LogP contribution is 2.37. The van der Waals surface area contributed by atoms with E-state index in [2.05, 4.69) is 87.5 Å². The average Bonchev–Trinajstić information content (AvgIpc) is 3.25. The maximum absolute atomic E-state index is 13.6. The van der Waals surface area contributed by atoms with Crippen molar-refractivity contribution >= 4 is 27.6 Å². The first kappa shape index (κ1) is 20.6. The molecule has 0 unspecified atom stereocenters. The van der Waals surface area contributed by atoms with Crippen LogP contribution in [0.4, 0.5) is 10.5 Å². The Kier molecular flexibility index (Phi) is 5.58. The second-order valence-corrected chi connectivity index (χ2v) is 8.91. The molecule has 4 aromatic rings. The first-order valence-electron chi connectivity index (χ1n) is 10.8. The normalized spacial score (nSPS) is 14.9. The molecule has 0 radical (unpaired) electrons. The number of amides is 2. The summed E-state index contributed by atoms with van der Waals surface area (Å²) in [6.07, 6.45) is 3.07. The molecule has 0 spiro atoms. The van der Waals surface area contributed by atoms with Crippen LogP contribution in [0.5, 0.6) is 0 Å². The van der Waals surface area contributed by atoms with Crippen molar-refractivity contribution < 1.29 is 4.79 Å². The molecule has 32 heavy (non-hydrogen) atoms. The number of nitrogens with zero attached hydrogens (tertiary/aromatic N) is 2. The Morgan fingerprint density at radius 3 is 2.47 bits per heavy atom. The number of anilines is 1. The number of fused-ring (bicyclic) bond motifs is 3. The largest absolute Gasteiger partial charge is 0.322 e. The van der Waals surface area contributed by atoms with Gasteiger partial charge in [-0.05, 0) is 65.6 Å². The van der Waals surface area contributed by atoms with Crippen LogP contribution in [-0.2, 0) is 13.0 Å². The van der Waals surface area contributed by atoms with Gasteiger partial charge in [0.1, 0.15) is 0 Å². The van der Waals surface area contributed by atoms with Crippen molar-refractivity contribution in [1.82, 2.24) is 9.47 Å². The van der Waals surface area contributed by atoms with E-state index in [-0.39, 0.29) is 12.1 Å². The van der Waals surface area contributed by atoms with Gasteiger partial charge < -0.3 is 14.8 Å². The van der Waals surface area contributed by atoms with E-state index in [9.17, 15) is 4.79 Å². The lowest BCUT2D eigenvalue weighted by molar-refractivity contribution is 0.194. The molecular formula is C27H24BrN3O. The molecule has 3 aromatic carbocycles. The summed E-state index contributed by atoms with van der Waals surface area (Å²) in [6.45, 7) is 2.67. The summed E-state index contributed by atoms with van der Waals surface area (Å²) in [7, 11) is 0. The zero-order chi connectivity index (χ0) is 22.1. The van der Waals surface area contributed by atoms with Crippen molar-refractivity contribution in [3.05, 3.63) is 118 Å². The Hall–Kier alpha value is -3.31. The fraction of sp³-hybridized carbons (Fsp3) is 0.148.